The Labute approximate surface area is 133 Å². The van der Waals surface area contributed by atoms with E-state index < -0.39 is 0 Å². The lowest BCUT2D eigenvalue weighted by molar-refractivity contribution is -0.122. The summed E-state index contributed by atoms with van der Waals surface area (Å²) < 4.78 is 5.46. The van der Waals surface area contributed by atoms with Gasteiger partial charge in [0.05, 0.1) is 12.6 Å². The summed E-state index contributed by atoms with van der Waals surface area (Å²) >= 11 is 0. The highest BCUT2D eigenvalue weighted by Crippen LogP contribution is 2.34. The van der Waals surface area contributed by atoms with E-state index in [0.717, 1.165) is 19.3 Å². The summed E-state index contributed by atoms with van der Waals surface area (Å²) in [6.07, 6.45) is 3.33. The van der Waals surface area contributed by atoms with Gasteiger partial charge < -0.3 is 10.1 Å². The van der Waals surface area contributed by atoms with Crippen LogP contribution >= 0.6 is 0 Å². The van der Waals surface area contributed by atoms with E-state index in [2.05, 4.69) is 34.5 Å². The van der Waals surface area contributed by atoms with Gasteiger partial charge in [-0.25, -0.2) is 0 Å². The van der Waals surface area contributed by atoms with Gasteiger partial charge >= 0.3 is 0 Å². The van der Waals surface area contributed by atoms with E-state index in [1.165, 1.54) is 11.1 Å². The van der Waals surface area contributed by atoms with Crippen molar-refractivity contribution >= 4 is 5.91 Å². The summed E-state index contributed by atoms with van der Waals surface area (Å²) in [6, 6.07) is 8.92. The van der Waals surface area contributed by atoms with E-state index in [0.29, 0.717) is 25.7 Å². The number of nitrogens with zero attached hydrogens (tertiary/aromatic N) is 1. The average molecular weight is 304 g/mol. The molecule has 1 atom stereocenters. The first kappa shape index (κ1) is 17.0. The summed E-state index contributed by atoms with van der Waals surface area (Å²) in [5.74, 6) is 0.0939. The van der Waals surface area contributed by atoms with Gasteiger partial charge in [-0.1, -0.05) is 24.3 Å². The molecule has 0 spiro atoms. The zero-order valence-electron chi connectivity index (χ0n) is 14.0. The van der Waals surface area contributed by atoms with Crippen LogP contribution in [0.1, 0.15) is 43.9 Å². The number of likely N-dealkylation sites (N-methyl/N-ethyl adjacent to an activating group) is 1. The molecule has 1 N–H and O–H groups in total. The van der Waals surface area contributed by atoms with Crippen LogP contribution in [0.5, 0.6) is 0 Å². The first-order valence-electron chi connectivity index (χ1n) is 8.24. The van der Waals surface area contributed by atoms with Crippen LogP contribution in [-0.4, -0.2) is 43.7 Å². The van der Waals surface area contributed by atoms with E-state index in [-0.39, 0.29) is 12.0 Å². The SMILES string of the molecule is CC(C)OCCCNC(=O)CN(C)[C@H]1CCc2ccccc21. The molecule has 1 aliphatic carbocycles. The van der Waals surface area contributed by atoms with Crippen molar-refractivity contribution in [2.24, 2.45) is 0 Å². The number of hydrogen-bond acceptors (Lipinski definition) is 3. The number of benzene rings is 1. The Morgan fingerprint density at radius 2 is 2.18 bits per heavy atom. The van der Waals surface area contributed by atoms with Crippen molar-refractivity contribution in [3.63, 3.8) is 0 Å². The van der Waals surface area contributed by atoms with Crippen molar-refractivity contribution in [1.82, 2.24) is 10.2 Å². The lowest BCUT2D eigenvalue weighted by atomic mass is 10.1. The van der Waals surface area contributed by atoms with Crippen molar-refractivity contribution in [3.8, 4) is 0 Å². The molecule has 1 aromatic carbocycles. The monoisotopic (exact) mass is 304 g/mol. The number of fused-ring (bicyclic) bond motifs is 1. The second-order valence-electron chi connectivity index (χ2n) is 6.29. The van der Waals surface area contributed by atoms with Crippen LogP contribution in [0.4, 0.5) is 0 Å². The molecule has 1 aromatic rings. The molecule has 122 valence electrons. The van der Waals surface area contributed by atoms with Gasteiger partial charge in [-0.05, 0) is 51.3 Å². The maximum atomic E-state index is 12.0. The second-order valence-corrected chi connectivity index (χ2v) is 6.29. The summed E-state index contributed by atoms with van der Waals surface area (Å²) in [4.78, 5) is 14.2. The van der Waals surface area contributed by atoms with E-state index in [1.807, 2.05) is 20.9 Å². The molecular formula is C18H28N2O2. The van der Waals surface area contributed by atoms with Gasteiger partial charge in [0, 0.05) is 19.2 Å². The largest absolute Gasteiger partial charge is 0.379 e. The lowest BCUT2D eigenvalue weighted by Gasteiger charge is -2.24. The van der Waals surface area contributed by atoms with Crippen LogP contribution < -0.4 is 5.32 Å². The normalized spacial score (nSPS) is 17.0. The van der Waals surface area contributed by atoms with Gasteiger partial charge in [-0.15, -0.1) is 0 Å². The third-order valence-corrected chi connectivity index (χ3v) is 4.12. The molecule has 0 bridgehead atoms. The number of nitrogens with one attached hydrogen (secondary N) is 1. The van der Waals surface area contributed by atoms with E-state index in [9.17, 15) is 4.79 Å². The van der Waals surface area contributed by atoms with Gasteiger partial charge in [0.25, 0.3) is 0 Å². The molecular weight excluding hydrogens is 276 g/mol. The van der Waals surface area contributed by atoms with Crippen LogP contribution in [0.3, 0.4) is 0 Å². The predicted octanol–water partition coefficient (Wildman–Crippen LogP) is 2.54. The van der Waals surface area contributed by atoms with Crippen LogP contribution in [0.25, 0.3) is 0 Å². The summed E-state index contributed by atoms with van der Waals surface area (Å²) in [5.41, 5.74) is 2.80. The molecule has 4 heteroatoms. The van der Waals surface area contributed by atoms with Crippen LogP contribution in [0.15, 0.2) is 24.3 Å². The van der Waals surface area contributed by atoms with Gasteiger partial charge in [-0.2, -0.15) is 0 Å². The fourth-order valence-electron chi connectivity index (χ4n) is 3.00. The molecule has 0 fully saturated rings. The fraction of sp³-hybridized carbons (Fsp3) is 0.611. The van der Waals surface area contributed by atoms with E-state index in [1.54, 1.807) is 0 Å². The van der Waals surface area contributed by atoms with E-state index >= 15 is 0 Å². The number of amides is 1. The smallest absolute Gasteiger partial charge is 0.234 e. The third-order valence-electron chi connectivity index (χ3n) is 4.12. The van der Waals surface area contributed by atoms with Crippen LogP contribution in [-0.2, 0) is 16.0 Å². The highest BCUT2D eigenvalue weighted by molar-refractivity contribution is 5.78. The second kappa shape index (κ2) is 8.30. The Hall–Kier alpha value is -1.39. The van der Waals surface area contributed by atoms with Gasteiger partial charge in [-0.3, -0.25) is 9.69 Å². The van der Waals surface area contributed by atoms with Gasteiger partial charge in [0.2, 0.25) is 5.91 Å². The Morgan fingerprint density at radius 3 is 2.95 bits per heavy atom. The number of hydrogen-bond donors (Lipinski definition) is 1. The molecule has 0 heterocycles. The lowest BCUT2D eigenvalue weighted by Crippen LogP contribution is -2.37. The van der Waals surface area contributed by atoms with E-state index in [4.69, 9.17) is 4.74 Å². The Morgan fingerprint density at radius 1 is 1.41 bits per heavy atom. The number of aryl methyl sites for hydroxylation is 1. The molecule has 0 saturated carbocycles. The van der Waals surface area contributed by atoms with Gasteiger partial charge in [0.1, 0.15) is 0 Å². The summed E-state index contributed by atoms with van der Waals surface area (Å²) in [7, 11) is 2.04. The number of rotatable bonds is 8. The maximum Gasteiger partial charge on any atom is 0.234 e. The topological polar surface area (TPSA) is 41.6 Å². The Kier molecular flexibility index (Phi) is 6.40. The Balaban J connectivity index is 1.71. The van der Waals surface area contributed by atoms with Crippen molar-refractivity contribution in [2.75, 3.05) is 26.7 Å². The van der Waals surface area contributed by atoms with Crippen LogP contribution in [0.2, 0.25) is 0 Å². The molecule has 0 radical (unpaired) electrons. The number of carbonyl (C=O) groups excluding carboxylic acids is 1. The number of ether oxygens (including phenoxy) is 1. The first-order chi connectivity index (χ1) is 10.6. The fourth-order valence-corrected chi connectivity index (χ4v) is 3.00. The quantitative estimate of drug-likeness (QED) is 0.750. The van der Waals surface area contributed by atoms with Crippen molar-refractivity contribution in [3.05, 3.63) is 35.4 Å². The standard InChI is InChI=1S/C18H28N2O2/c1-14(2)22-12-6-11-19-18(21)13-20(3)17-10-9-15-7-4-5-8-16(15)17/h4-5,7-8,14,17H,6,9-13H2,1-3H3,(H,19,21)/t17-/m0/s1. The summed E-state index contributed by atoms with van der Waals surface area (Å²) in [5, 5.41) is 2.97. The first-order valence-corrected chi connectivity index (χ1v) is 8.24. The minimum absolute atomic E-state index is 0.0939. The molecule has 0 aliphatic heterocycles. The molecule has 22 heavy (non-hydrogen) atoms. The third kappa shape index (κ3) is 4.82. The molecule has 1 aliphatic rings. The van der Waals surface area contributed by atoms with Crippen LogP contribution in [0, 0.1) is 0 Å². The van der Waals surface area contributed by atoms with Crippen molar-refractivity contribution in [2.45, 2.75) is 45.3 Å². The zero-order valence-corrected chi connectivity index (χ0v) is 14.0. The molecule has 0 saturated heterocycles. The molecule has 4 nitrogen and oxygen atoms in total. The highest BCUT2D eigenvalue weighted by Gasteiger charge is 2.26. The molecule has 0 aromatic heterocycles. The van der Waals surface area contributed by atoms with Crippen molar-refractivity contribution < 1.29 is 9.53 Å². The Bertz CT molecular complexity index is 488. The molecule has 0 unspecified atom stereocenters. The number of carbonyl (C=O) groups is 1. The average Bonchev–Trinajstić information content (AvgIpc) is 2.90. The minimum atomic E-state index is 0.0939. The highest BCUT2D eigenvalue weighted by atomic mass is 16.5. The van der Waals surface area contributed by atoms with Gasteiger partial charge in [0.15, 0.2) is 0 Å². The molecule has 1 amide bonds. The zero-order chi connectivity index (χ0) is 15.9. The maximum absolute atomic E-state index is 12.0. The predicted molar refractivity (Wildman–Crippen MR) is 88.8 cm³/mol. The molecule has 2 rings (SSSR count). The summed E-state index contributed by atoms with van der Waals surface area (Å²) in [6.45, 7) is 5.87. The van der Waals surface area contributed by atoms with Crippen molar-refractivity contribution in [1.29, 1.82) is 0 Å². The minimum Gasteiger partial charge on any atom is -0.379 e.